The number of halogens is 1. The molecule has 1 aromatic heterocycles. The van der Waals surface area contributed by atoms with Crippen LogP contribution in [0.2, 0.25) is 5.02 Å². The lowest BCUT2D eigenvalue weighted by molar-refractivity contribution is -0.161. The molecule has 0 unspecified atom stereocenters. The summed E-state index contributed by atoms with van der Waals surface area (Å²) in [7, 11) is 0. The second-order valence-electron chi connectivity index (χ2n) is 11.2. The fourth-order valence-electron chi connectivity index (χ4n) is 6.99. The number of hydrogen-bond acceptors (Lipinski definition) is 5. The van der Waals surface area contributed by atoms with Gasteiger partial charge in [-0.1, -0.05) is 36.6 Å². The number of hydrogen-bond donors (Lipinski definition) is 1. The van der Waals surface area contributed by atoms with Crippen molar-refractivity contribution in [3.8, 4) is 5.75 Å². The Labute approximate surface area is 227 Å². The maximum atomic E-state index is 13.9. The third-order valence-electron chi connectivity index (χ3n) is 8.92. The Balaban J connectivity index is 1.27. The standard InChI is InChI=1S/C31H34ClNO5/c1-19(37-22-13-14-24-23-6-2-3-7-25(23)30(35)38-27(24)18-22)29(34)33-17-16-31(36)15-5-4-8-26(31)28(33)20-9-11-21(32)12-10-20/h9-14,18-19,26,28,36H,2-8,15-17H2,1H3/t19-,26+,28+,31+/m1/s1. The summed E-state index contributed by atoms with van der Waals surface area (Å²) in [5.41, 5.74) is 2.32. The molecule has 1 N–H and O–H groups in total. The lowest BCUT2D eigenvalue weighted by Crippen LogP contribution is -2.58. The first-order valence-corrected chi connectivity index (χ1v) is 14.3. The van der Waals surface area contributed by atoms with Crippen LogP contribution < -0.4 is 10.4 Å². The molecular weight excluding hydrogens is 502 g/mol. The molecule has 0 radical (unpaired) electrons. The molecule has 1 saturated heterocycles. The van der Waals surface area contributed by atoms with Gasteiger partial charge in [0.2, 0.25) is 0 Å². The predicted octanol–water partition coefficient (Wildman–Crippen LogP) is 5.99. The zero-order chi connectivity index (χ0) is 26.4. The Bertz CT molecular complexity index is 1420. The number of carbonyl (C=O) groups excluding carboxylic acids is 1. The highest BCUT2D eigenvalue weighted by atomic mass is 35.5. The van der Waals surface area contributed by atoms with E-state index in [4.69, 9.17) is 20.8 Å². The monoisotopic (exact) mass is 535 g/mol. The molecule has 2 aliphatic carbocycles. The summed E-state index contributed by atoms with van der Waals surface area (Å²) in [6, 6.07) is 12.9. The summed E-state index contributed by atoms with van der Waals surface area (Å²) in [5.74, 6) is 0.333. The number of piperidine rings is 1. The molecule has 2 fully saturated rings. The topological polar surface area (TPSA) is 80.0 Å². The van der Waals surface area contributed by atoms with Gasteiger partial charge in [0, 0.05) is 34.5 Å². The van der Waals surface area contributed by atoms with Crippen molar-refractivity contribution in [1.82, 2.24) is 4.90 Å². The van der Waals surface area contributed by atoms with E-state index in [1.54, 1.807) is 13.0 Å². The van der Waals surface area contributed by atoms with E-state index in [1.807, 2.05) is 41.3 Å². The summed E-state index contributed by atoms with van der Waals surface area (Å²) in [5, 5.41) is 13.1. The zero-order valence-electron chi connectivity index (χ0n) is 21.7. The maximum absolute atomic E-state index is 13.9. The van der Waals surface area contributed by atoms with Gasteiger partial charge in [-0.15, -0.1) is 0 Å². The van der Waals surface area contributed by atoms with Gasteiger partial charge in [-0.2, -0.15) is 0 Å². The van der Waals surface area contributed by atoms with Crippen molar-refractivity contribution in [2.75, 3.05) is 6.54 Å². The predicted molar refractivity (Wildman–Crippen MR) is 147 cm³/mol. The summed E-state index contributed by atoms with van der Waals surface area (Å²) < 4.78 is 11.8. The molecule has 200 valence electrons. The van der Waals surface area contributed by atoms with E-state index in [1.165, 1.54) is 0 Å². The molecule has 1 saturated carbocycles. The van der Waals surface area contributed by atoms with Crippen LogP contribution in [0.15, 0.2) is 51.7 Å². The molecule has 6 nitrogen and oxygen atoms in total. The first kappa shape index (κ1) is 25.4. The van der Waals surface area contributed by atoms with Gasteiger partial charge < -0.3 is 19.2 Å². The van der Waals surface area contributed by atoms with Crippen LogP contribution in [-0.2, 0) is 17.6 Å². The van der Waals surface area contributed by atoms with Crippen LogP contribution in [0.25, 0.3) is 11.0 Å². The number of benzene rings is 2. The largest absolute Gasteiger partial charge is 0.481 e. The molecule has 6 rings (SSSR count). The average Bonchev–Trinajstić information content (AvgIpc) is 2.92. The van der Waals surface area contributed by atoms with Crippen LogP contribution in [0, 0.1) is 5.92 Å². The molecule has 7 heteroatoms. The minimum Gasteiger partial charge on any atom is -0.481 e. The van der Waals surface area contributed by atoms with Gasteiger partial charge in [0.25, 0.3) is 5.91 Å². The molecule has 2 heterocycles. The fourth-order valence-corrected chi connectivity index (χ4v) is 7.11. The van der Waals surface area contributed by atoms with Gasteiger partial charge in [-0.25, -0.2) is 4.79 Å². The highest BCUT2D eigenvalue weighted by Gasteiger charge is 2.50. The molecular formula is C31H34ClNO5. The van der Waals surface area contributed by atoms with Crippen LogP contribution in [0.4, 0.5) is 0 Å². The third kappa shape index (κ3) is 4.52. The molecule has 4 atom stereocenters. The normalized spacial score (nSPS) is 25.9. The highest BCUT2D eigenvalue weighted by molar-refractivity contribution is 6.30. The Morgan fingerprint density at radius 1 is 1.08 bits per heavy atom. The Morgan fingerprint density at radius 2 is 1.84 bits per heavy atom. The Kier molecular flexibility index (Phi) is 6.73. The summed E-state index contributed by atoms with van der Waals surface area (Å²) in [6.07, 6.45) is 7.21. The molecule has 0 bridgehead atoms. The average molecular weight is 536 g/mol. The number of likely N-dealkylation sites (tertiary alicyclic amines) is 1. The van der Waals surface area contributed by atoms with Crippen molar-refractivity contribution < 1.29 is 19.1 Å². The fraction of sp³-hybridized carbons (Fsp3) is 0.484. The van der Waals surface area contributed by atoms with Gasteiger partial charge in [-0.3, -0.25) is 4.79 Å². The van der Waals surface area contributed by atoms with Crippen LogP contribution in [-0.4, -0.2) is 34.2 Å². The number of aliphatic hydroxyl groups is 1. The van der Waals surface area contributed by atoms with E-state index in [2.05, 4.69) is 0 Å². The smallest absolute Gasteiger partial charge is 0.339 e. The molecule has 3 aromatic rings. The van der Waals surface area contributed by atoms with Crippen molar-refractivity contribution in [2.45, 2.75) is 82.5 Å². The van der Waals surface area contributed by atoms with E-state index in [9.17, 15) is 14.7 Å². The lowest BCUT2D eigenvalue weighted by atomic mass is 9.66. The van der Waals surface area contributed by atoms with Crippen molar-refractivity contribution in [2.24, 2.45) is 5.92 Å². The number of rotatable bonds is 4. The van der Waals surface area contributed by atoms with E-state index in [0.717, 1.165) is 73.4 Å². The minimum atomic E-state index is -0.765. The number of nitrogens with zero attached hydrogens (tertiary/aromatic N) is 1. The van der Waals surface area contributed by atoms with Crippen molar-refractivity contribution in [3.05, 3.63) is 74.6 Å². The number of amides is 1. The Morgan fingerprint density at radius 3 is 2.63 bits per heavy atom. The number of fused-ring (bicyclic) bond motifs is 4. The number of ether oxygens (including phenoxy) is 1. The van der Waals surface area contributed by atoms with E-state index >= 15 is 0 Å². The molecule has 3 aliphatic rings. The zero-order valence-corrected chi connectivity index (χ0v) is 22.5. The van der Waals surface area contributed by atoms with Crippen LogP contribution in [0.5, 0.6) is 5.75 Å². The molecule has 1 amide bonds. The number of carbonyl (C=O) groups is 1. The first-order chi connectivity index (χ1) is 18.3. The van der Waals surface area contributed by atoms with Gasteiger partial charge in [0.15, 0.2) is 6.10 Å². The van der Waals surface area contributed by atoms with Gasteiger partial charge in [0.1, 0.15) is 11.3 Å². The first-order valence-electron chi connectivity index (χ1n) is 13.9. The van der Waals surface area contributed by atoms with Crippen LogP contribution in [0.3, 0.4) is 0 Å². The minimum absolute atomic E-state index is 0.0385. The highest BCUT2D eigenvalue weighted by Crippen LogP contribution is 2.49. The summed E-state index contributed by atoms with van der Waals surface area (Å²) in [4.78, 5) is 28.3. The molecule has 0 spiro atoms. The van der Waals surface area contributed by atoms with Gasteiger partial charge in [0.05, 0.1) is 11.6 Å². The van der Waals surface area contributed by atoms with Crippen molar-refractivity contribution in [3.63, 3.8) is 0 Å². The second kappa shape index (κ2) is 10.0. The lowest BCUT2D eigenvalue weighted by Gasteiger charge is -2.53. The van der Waals surface area contributed by atoms with Gasteiger partial charge >= 0.3 is 5.63 Å². The molecule has 1 aliphatic heterocycles. The van der Waals surface area contributed by atoms with E-state index in [-0.39, 0.29) is 23.5 Å². The van der Waals surface area contributed by atoms with Gasteiger partial charge in [-0.05, 0) is 87.3 Å². The second-order valence-corrected chi connectivity index (χ2v) is 11.6. The molecule has 38 heavy (non-hydrogen) atoms. The van der Waals surface area contributed by atoms with Crippen LogP contribution >= 0.6 is 11.6 Å². The number of aryl methyl sites for hydroxylation is 1. The van der Waals surface area contributed by atoms with E-state index < -0.39 is 11.7 Å². The van der Waals surface area contributed by atoms with Crippen molar-refractivity contribution >= 4 is 28.5 Å². The summed E-state index contributed by atoms with van der Waals surface area (Å²) >= 11 is 6.17. The molecule has 2 aromatic carbocycles. The Hall–Kier alpha value is -2.83. The quantitative estimate of drug-likeness (QED) is 0.415. The third-order valence-corrected chi connectivity index (χ3v) is 9.17. The van der Waals surface area contributed by atoms with Crippen molar-refractivity contribution in [1.29, 1.82) is 0 Å². The SMILES string of the molecule is C[C@@H](Oc1ccc2c3c(c(=O)oc2c1)CCCC3)C(=O)N1CC[C@@]2(O)CCCC[C@H]2[C@@H]1c1ccc(Cl)cc1. The summed E-state index contributed by atoms with van der Waals surface area (Å²) in [6.45, 7) is 2.22. The van der Waals surface area contributed by atoms with Crippen LogP contribution in [0.1, 0.15) is 74.6 Å². The maximum Gasteiger partial charge on any atom is 0.339 e. The van der Waals surface area contributed by atoms with E-state index in [0.29, 0.717) is 29.3 Å².